The van der Waals surface area contributed by atoms with Gasteiger partial charge in [-0.2, -0.15) is 0 Å². The van der Waals surface area contributed by atoms with E-state index in [1.54, 1.807) is 0 Å². The molecule has 0 aromatic heterocycles. The van der Waals surface area contributed by atoms with Crippen LogP contribution in [0.3, 0.4) is 0 Å². The Balaban J connectivity index is 2.40. The van der Waals surface area contributed by atoms with Gasteiger partial charge in [0.15, 0.2) is 0 Å². The van der Waals surface area contributed by atoms with E-state index in [1.165, 1.54) is 0 Å². The second-order valence-electron chi connectivity index (χ2n) is 5.26. The monoisotopic (exact) mass is 312 g/mol. The smallest absolute Gasteiger partial charge is 0.223 e. The highest BCUT2D eigenvalue weighted by Crippen LogP contribution is 2.25. The molecule has 0 unspecified atom stereocenters. The van der Waals surface area contributed by atoms with Gasteiger partial charge in [0.2, 0.25) is 5.91 Å². The van der Waals surface area contributed by atoms with Crippen LogP contribution in [0.25, 0.3) is 0 Å². The van der Waals surface area contributed by atoms with Crippen molar-refractivity contribution >= 4 is 17.5 Å². The Kier molecular flexibility index (Phi) is 8.16. The molecule has 1 amide bonds. The average molecular weight is 313 g/mol. The number of amides is 1. The van der Waals surface area contributed by atoms with Crippen molar-refractivity contribution in [3.05, 3.63) is 28.8 Å². The fourth-order valence-electron chi connectivity index (χ4n) is 1.83. The molecule has 0 radical (unpaired) electrons. The highest BCUT2D eigenvalue weighted by molar-refractivity contribution is 6.32. The van der Waals surface area contributed by atoms with Gasteiger partial charge in [-0.25, -0.2) is 0 Å². The normalized spacial score (nSPS) is 10.7. The van der Waals surface area contributed by atoms with E-state index in [0.717, 1.165) is 25.1 Å². The zero-order valence-electron chi connectivity index (χ0n) is 13.0. The lowest BCUT2D eigenvalue weighted by Gasteiger charge is -2.11. The van der Waals surface area contributed by atoms with Crippen LogP contribution in [0, 0.1) is 0 Å². The number of hydrogen-bond donors (Lipinski definition) is 2. The fourth-order valence-corrected chi connectivity index (χ4v) is 2.09. The molecule has 21 heavy (non-hydrogen) atoms. The predicted octanol–water partition coefficient (Wildman–Crippen LogP) is 3.13. The van der Waals surface area contributed by atoms with Crippen LogP contribution >= 0.6 is 11.6 Å². The summed E-state index contributed by atoms with van der Waals surface area (Å²) < 4.78 is 5.56. The third-order valence-electron chi connectivity index (χ3n) is 2.79. The van der Waals surface area contributed by atoms with E-state index in [0.29, 0.717) is 23.8 Å². The quantitative estimate of drug-likeness (QED) is 0.689. The lowest BCUT2D eigenvalue weighted by atomic mass is 10.2. The van der Waals surface area contributed by atoms with Crippen molar-refractivity contribution in [1.29, 1.82) is 0 Å². The van der Waals surface area contributed by atoms with Crippen LogP contribution in [-0.2, 0) is 11.3 Å². The Morgan fingerprint density at radius 1 is 1.38 bits per heavy atom. The summed E-state index contributed by atoms with van der Waals surface area (Å²) in [5.41, 5.74) is 1.12. The molecule has 0 aliphatic heterocycles. The maximum atomic E-state index is 11.5. The lowest BCUT2D eigenvalue weighted by molar-refractivity contribution is -0.122. The van der Waals surface area contributed by atoms with E-state index in [9.17, 15) is 4.79 Å². The van der Waals surface area contributed by atoms with Crippen molar-refractivity contribution in [2.45, 2.75) is 46.2 Å². The molecule has 0 saturated heterocycles. The molecule has 2 N–H and O–H groups in total. The minimum atomic E-state index is -0.0125. The van der Waals surface area contributed by atoms with Crippen molar-refractivity contribution in [2.24, 2.45) is 0 Å². The van der Waals surface area contributed by atoms with Gasteiger partial charge in [0.1, 0.15) is 5.75 Å². The van der Waals surface area contributed by atoms with Gasteiger partial charge in [0, 0.05) is 12.6 Å². The van der Waals surface area contributed by atoms with Gasteiger partial charge < -0.3 is 15.4 Å². The van der Waals surface area contributed by atoms with E-state index in [4.69, 9.17) is 16.3 Å². The van der Waals surface area contributed by atoms with Gasteiger partial charge in [0.25, 0.3) is 0 Å². The van der Waals surface area contributed by atoms with Gasteiger partial charge in [-0.15, -0.1) is 0 Å². The van der Waals surface area contributed by atoms with Gasteiger partial charge in [-0.3, -0.25) is 4.79 Å². The van der Waals surface area contributed by atoms with Crippen molar-refractivity contribution in [2.75, 3.05) is 13.2 Å². The first-order chi connectivity index (χ1) is 10.0. The zero-order chi connectivity index (χ0) is 15.7. The number of benzene rings is 1. The summed E-state index contributed by atoms with van der Waals surface area (Å²) in [4.78, 5) is 11.5. The molecule has 1 rings (SSSR count). The van der Waals surface area contributed by atoms with Crippen LogP contribution in [0.4, 0.5) is 0 Å². The lowest BCUT2D eigenvalue weighted by Crippen LogP contribution is -2.31. The van der Waals surface area contributed by atoms with Gasteiger partial charge in [-0.05, 0) is 44.5 Å². The summed E-state index contributed by atoms with van der Waals surface area (Å²) in [6.07, 6.45) is 1.43. The molecule has 0 aliphatic carbocycles. The Morgan fingerprint density at radius 2 is 2.14 bits per heavy atom. The minimum absolute atomic E-state index is 0.0125. The molecule has 4 nitrogen and oxygen atoms in total. The molecule has 0 saturated carbocycles. The second kappa shape index (κ2) is 9.64. The van der Waals surface area contributed by atoms with Crippen molar-refractivity contribution in [3.8, 4) is 5.75 Å². The number of carbonyl (C=O) groups is 1. The Labute approximate surface area is 132 Å². The number of nitrogens with one attached hydrogen (secondary N) is 2. The highest BCUT2D eigenvalue weighted by atomic mass is 35.5. The molecule has 1 aromatic carbocycles. The Bertz CT molecular complexity index is 450. The van der Waals surface area contributed by atoms with Crippen molar-refractivity contribution in [3.63, 3.8) is 0 Å². The van der Waals surface area contributed by atoms with E-state index in [2.05, 4.69) is 17.6 Å². The van der Waals surface area contributed by atoms with Crippen LogP contribution < -0.4 is 15.4 Å². The fraction of sp³-hybridized carbons (Fsp3) is 0.562. The summed E-state index contributed by atoms with van der Waals surface area (Å²) in [6, 6.07) is 5.88. The van der Waals surface area contributed by atoms with Crippen molar-refractivity contribution in [1.82, 2.24) is 10.6 Å². The van der Waals surface area contributed by atoms with Gasteiger partial charge in [0.05, 0.1) is 18.1 Å². The molecule has 1 aromatic rings. The van der Waals surface area contributed by atoms with E-state index < -0.39 is 0 Å². The third-order valence-corrected chi connectivity index (χ3v) is 3.08. The molecule has 0 atom stereocenters. The number of carbonyl (C=O) groups excluding carboxylic acids is 1. The second-order valence-corrected chi connectivity index (χ2v) is 5.67. The number of ether oxygens (including phenoxy) is 1. The van der Waals surface area contributed by atoms with Gasteiger partial charge >= 0.3 is 0 Å². The van der Waals surface area contributed by atoms with E-state index in [-0.39, 0.29) is 11.9 Å². The van der Waals surface area contributed by atoms with E-state index >= 15 is 0 Å². The van der Waals surface area contributed by atoms with Crippen LogP contribution in [-0.4, -0.2) is 25.1 Å². The van der Waals surface area contributed by atoms with Crippen LogP contribution in [0.5, 0.6) is 5.75 Å². The molecule has 0 aliphatic rings. The topological polar surface area (TPSA) is 50.4 Å². The van der Waals surface area contributed by atoms with Crippen molar-refractivity contribution < 1.29 is 9.53 Å². The molecule has 118 valence electrons. The van der Waals surface area contributed by atoms with Crippen LogP contribution in [0.1, 0.15) is 39.2 Å². The SMILES string of the molecule is CCCNCc1ccc(OCCC(=O)NC(C)C)c(Cl)c1. The largest absolute Gasteiger partial charge is 0.491 e. The number of rotatable bonds is 9. The first-order valence-corrected chi connectivity index (χ1v) is 7.82. The summed E-state index contributed by atoms with van der Waals surface area (Å²) in [6.45, 7) is 8.10. The molecule has 0 fully saturated rings. The molecule has 0 spiro atoms. The first-order valence-electron chi connectivity index (χ1n) is 7.44. The first kappa shape index (κ1) is 17.8. The summed E-state index contributed by atoms with van der Waals surface area (Å²) in [5, 5.41) is 6.72. The Morgan fingerprint density at radius 3 is 2.76 bits per heavy atom. The number of hydrogen-bond acceptors (Lipinski definition) is 3. The molecular weight excluding hydrogens is 288 g/mol. The molecule has 5 heteroatoms. The zero-order valence-corrected chi connectivity index (χ0v) is 13.8. The van der Waals surface area contributed by atoms with Gasteiger partial charge in [-0.1, -0.05) is 24.6 Å². The molecule has 0 bridgehead atoms. The van der Waals surface area contributed by atoms with Crippen LogP contribution in [0.15, 0.2) is 18.2 Å². The molecule has 0 heterocycles. The van der Waals surface area contributed by atoms with E-state index in [1.807, 2.05) is 32.0 Å². The maximum absolute atomic E-state index is 11.5. The number of halogens is 1. The highest BCUT2D eigenvalue weighted by Gasteiger charge is 2.06. The predicted molar refractivity (Wildman–Crippen MR) is 86.8 cm³/mol. The standard InChI is InChI=1S/C16H25ClN2O2/c1-4-8-18-11-13-5-6-15(14(17)10-13)21-9-7-16(20)19-12(2)3/h5-6,10,12,18H,4,7-9,11H2,1-3H3,(H,19,20). The Hall–Kier alpha value is -1.26. The minimum Gasteiger partial charge on any atom is -0.491 e. The van der Waals surface area contributed by atoms with Crippen LogP contribution in [0.2, 0.25) is 5.02 Å². The summed E-state index contributed by atoms with van der Waals surface area (Å²) in [7, 11) is 0. The molecular formula is C16H25ClN2O2. The average Bonchev–Trinajstić information content (AvgIpc) is 2.40. The summed E-state index contributed by atoms with van der Waals surface area (Å²) >= 11 is 6.19. The third kappa shape index (κ3) is 7.34. The maximum Gasteiger partial charge on any atom is 0.223 e. The summed E-state index contributed by atoms with van der Waals surface area (Å²) in [5.74, 6) is 0.606.